The van der Waals surface area contributed by atoms with E-state index >= 15 is 0 Å². The topological polar surface area (TPSA) is 93.4 Å². The van der Waals surface area contributed by atoms with Crippen LogP contribution in [-0.4, -0.2) is 24.5 Å². The molecule has 0 spiro atoms. The molecule has 0 amide bonds. The number of benzene rings is 4. The largest absolute Gasteiger partial charge is 0.457 e. The van der Waals surface area contributed by atoms with E-state index in [1.165, 1.54) is 0 Å². The van der Waals surface area contributed by atoms with Crippen LogP contribution in [0.2, 0.25) is 0 Å². The Morgan fingerprint density at radius 1 is 0.408 bits per heavy atom. The summed E-state index contributed by atoms with van der Waals surface area (Å²) in [4.78, 5) is 17.9. The average molecular weight is 644 g/mol. The van der Waals surface area contributed by atoms with Gasteiger partial charge in [-0.25, -0.2) is 19.9 Å². The van der Waals surface area contributed by atoms with E-state index < -0.39 is 0 Å². The molecule has 4 aromatic carbocycles. The highest BCUT2D eigenvalue weighted by Crippen LogP contribution is 2.38. The molecule has 49 heavy (non-hydrogen) atoms. The van der Waals surface area contributed by atoms with Gasteiger partial charge in [-0.15, -0.1) is 0 Å². The number of rotatable bonds is 9. The van der Waals surface area contributed by atoms with Crippen molar-refractivity contribution in [2.75, 3.05) is 0 Å². The summed E-state index contributed by atoms with van der Waals surface area (Å²) in [5, 5.41) is 2.04. The van der Waals surface area contributed by atoms with Gasteiger partial charge in [0.2, 0.25) is 17.7 Å². The number of hydrogen-bond donors (Lipinski definition) is 0. The first-order valence-electron chi connectivity index (χ1n) is 15.7. The zero-order valence-electron chi connectivity index (χ0n) is 26.6. The molecule has 0 radical (unpaired) electrons. The summed E-state index contributed by atoms with van der Waals surface area (Å²) in [7, 11) is 0. The summed E-state index contributed by atoms with van der Waals surface area (Å²) >= 11 is 0. The molecule has 4 aromatic heterocycles. The van der Waals surface area contributed by atoms with E-state index in [-0.39, 0.29) is 0 Å². The summed E-state index contributed by atoms with van der Waals surface area (Å²) < 4.78 is 26.8. The van der Waals surface area contributed by atoms with Crippen molar-refractivity contribution in [2.45, 2.75) is 13.8 Å². The molecule has 0 saturated heterocycles. The number of nitrogens with zero attached hydrogens (tertiary/aromatic N) is 5. The molecular formula is C40H29N5O4. The second-order valence-electron chi connectivity index (χ2n) is 11.4. The zero-order valence-corrected chi connectivity index (χ0v) is 26.6. The normalized spacial score (nSPS) is 11.1. The molecule has 0 aliphatic heterocycles. The smallest absolute Gasteiger partial charge is 0.234 e. The molecule has 0 atom stereocenters. The fourth-order valence-electron chi connectivity index (χ4n) is 5.58. The number of aromatic nitrogens is 5. The van der Waals surface area contributed by atoms with Crippen molar-refractivity contribution in [3.05, 3.63) is 151 Å². The highest BCUT2D eigenvalue weighted by molar-refractivity contribution is 6.09. The Labute approximate surface area is 282 Å². The Morgan fingerprint density at radius 3 is 1.31 bits per heavy atom. The van der Waals surface area contributed by atoms with Gasteiger partial charge in [0.05, 0.1) is 11.0 Å². The molecule has 0 aliphatic carbocycles. The molecule has 8 rings (SSSR count). The summed E-state index contributed by atoms with van der Waals surface area (Å²) in [5.41, 5.74) is 3.66. The third-order valence-corrected chi connectivity index (χ3v) is 7.90. The van der Waals surface area contributed by atoms with E-state index in [1.807, 2.05) is 128 Å². The van der Waals surface area contributed by atoms with Crippen LogP contribution in [0.5, 0.6) is 46.3 Å². The second kappa shape index (κ2) is 12.8. The molecule has 0 fully saturated rings. The lowest BCUT2D eigenvalue weighted by molar-refractivity contribution is 0.446. The van der Waals surface area contributed by atoms with Gasteiger partial charge in [-0.3, -0.25) is 4.57 Å². The van der Waals surface area contributed by atoms with Gasteiger partial charge in [0.1, 0.15) is 34.5 Å². The second-order valence-corrected chi connectivity index (χ2v) is 11.4. The molecule has 0 bridgehead atoms. The number of ether oxygens (including phenoxy) is 4. The molecule has 0 unspecified atom stereocenters. The quantitative estimate of drug-likeness (QED) is 0.153. The molecule has 0 N–H and O–H groups in total. The van der Waals surface area contributed by atoms with Gasteiger partial charge >= 0.3 is 0 Å². The maximum absolute atomic E-state index is 6.35. The van der Waals surface area contributed by atoms with Crippen LogP contribution < -0.4 is 18.9 Å². The standard InChI is InChI=1S/C40H29N5O4/c1-26-8-5-18-41-38(26)48-30-12-3-10-28(22-30)46-32-14-16-34-35-17-15-33(25-37(35)45(36(34)24-32)40-43-20-7-21-44-40)47-29-11-4-13-31(23-29)49-39-27(2)9-6-19-42-39/h3-25H,1-2H3. The predicted octanol–water partition coefficient (Wildman–Crippen LogP) is 10.1. The fourth-order valence-corrected chi connectivity index (χ4v) is 5.58. The summed E-state index contributed by atoms with van der Waals surface area (Å²) in [6.07, 6.45) is 6.87. The van der Waals surface area contributed by atoms with Crippen LogP contribution in [0.15, 0.2) is 140 Å². The van der Waals surface area contributed by atoms with E-state index in [4.69, 9.17) is 18.9 Å². The molecule has 238 valence electrons. The molecule has 9 heteroatoms. The van der Waals surface area contributed by atoms with Crippen molar-refractivity contribution in [2.24, 2.45) is 0 Å². The van der Waals surface area contributed by atoms with Crippen molar-refractivity contribution in [3.63, 3.8) is 0 Å². The maximum Gasteiger partial charge on any atom is 0.234 e. The first kappa shape index (κ1) is 29.6. The van der Waals surface area contributed by atoms with Crippen molar-refractivity contribution >= 4 is 21.8 Å². The SMILES string of the molecule is Cc1cccnc1Oc1cccc(Oc2ccc3c4ccc(Oc5cccc(Oc6ncccc6C)c5)cc4n(-c4ncccn4)c3c2)c1. The lowest BCUT2D eigenvalue weighted by Crippen LogP contribution is -2.00. The van der Waals surface area contributed by atoms with Gasteiger partial charge in [0.15, 0.2) is 0 Å². The third kappa shape index (κ3) is 6.20. The number of hydrogen-bond acceptors (Lipinski definition) is 8. The minimum Gasteiger partial charge on any atom is -0.457 e. The van der Waals surface area contributed by atoms with E-state index in [1.54, 1.807) is 30.9 Å². The zero-order chi connectivity index (χ0) is 33.2. The van der Waals surface area contributed by atoms with Crippen molar-refractivity contribution in [1.29, 1.82) is 0 Å². The Kier molecular flexibility index (Phi) is 7.75. The van der Waals surface area contributed by atoms with Gasteiger partial charge in [0.25, 0.3) is 0 Å². The average Bonchev–Trinajstić information content (AvgIpc) is 3.44. The summed E-state index contributed by atoms with van der Waals surface area (Å²) in [5.74, 6) is 5.44. The summed E-state index contributed by atoms with van der Waals surface area (Å²) in [6, 6.07) is 36.4. The van der Waals surface area contributed by atoms with Crippen LogP contribution in [0.1, 0.15) is 11.1 Å². The lowest BCUT2D eigenvalue weighted by atomic mass is 10.1. The lowest BCUT2D eigenvalue weighted by Gasteiger charge is -2.11. The highest BCUT2D eigenvalue weighted by atomic mass is 16.5. The van der Waals surface area contributed by atoms with E-state index in [0.29, 0.717) is 52.2 Å². The minimum absolute atomic E-state index is 0.527. The minimum atomic E-state index is 0.527. The first-order chi connectivity index (χ1) is 24.1. The Hall–Kier alpha value is -6.74. The van der Waals surface area contributed by atoms with E-state index in [0.717, 1.165) is 32.9 Å². The van der Waals surface area contributed by atoms with Crippen molar-refractivity contribution in [3.8, 4) is 52.2 Å². The van der Waals surface area contributed by atoms with Gasteiger partial charge in [-0.05, 0) is 80.6 Å². The Bertz CT molecular complexity index is 2290. The van der Waals surface area contributed by atoms with Gasteiger partial charge < -0.3 is 18.9 Å². The maximum atomic E-state index is 6.35. The van der Waals surface area contributed by atoms with E-state index in [9.17, 15) is 0 Å². The number of aryl methyl sites for hydroxylation is 2. The van der Waals surface area contributed by atoms with Crippen molar-refractivity contribution < 1.29 is 18.9 Å². The van der Waals surface area contributed by atoms with Crippen LogP contribution in [0, 0.1) is 13.8 Å². The van der Waals surface area contributed by atoms with Crippen LogP contribution in [0.4, 0.5) is 0 Å². The summed E-state index contributed by atoms with van der Waals surface area (Å²) in [6.45, 7) is 3.92. The van der Waals surface area contributed by atoms with Crippen LogP contribution in [0.3, 0.4) is 0 Å². The molecule has 9 nitrogen and oxygen atoms in total. The molecular weight excluding hydrogens is 614 g/mol. The fraction of sp³-hybridized carbons (Fsp3) is 0.0500. The molecule has 0 aliphatic rings. The van der Waals surface area contributed by atoms with Crippen LogP contribution in [-0.2, 0) is 0 Å². The first-order valence-corrected chi connectivity index (χ1v) is 15.7. The van der Waals surface area contributed by atoms with E-state index in [2.05, 4.69) is 19.9 Å². The Morgan fingerprint density at radius 2 is 0.837 bits per heavy atom. The Balaban J connectivity index is 1.13. The molecule has 8 aromatic rings. The molecule has 4 heterocycles. The van der Waals surface area contributed by atoms with Crippen LogP contribution in [0.25, 0.3) is 27.8 Å². The van der Waals surface area contributed by atoms with Crippen LogP contribution >= 0.6 is 0 Å². The molecule has 0 saturated carbocycles. The number of fused-ring (bicyclic) bond motifs is 3. The van der Waals surface area contributed by atoms with Gasteiger partial charge in [0, 0.05) is 71.0 Å². The third-order valence-electron chi connectivity index (χ3n) is 7.90. The number of pyridine rings is 2. The van der Waals surface area contributed by atoms with Gasteiger partial charge in [-0.2, -0.15) is 0 Å². The van der Waals surface area contributed by atoms with Gasteiger partial charge in [-0.1, -0.05) is 24.3 Å². The highest BCUT2D eigenvalue weighted by Gasteiger charge is 2.17. The monoisotopic (exact) mass is 643 g/mol. The predicted molar refractivity (Wildman–Crippen MR) is 187 cm³/mol. The van der Waals surface area contributed by atoms with Crippen molar-refractivity contribution in [1.82, 2.24) is 24.5 Å².